The van der Waals surface area contributed by atoms with Gasteiger partial charge in [-0.15, -0.1) is 23.4 Å². The molecular weight excluding hydrogens is 491 g/mol. The fourth-order valence-corrected chi connectivity index (χ4v) is 5.14. The smallest absolute Gasteiger partial charge is 0.480 e. The van der Waals surface area contributed by atoms with Gasteiger partial charge >= 0.3 is 6.36 Å². The summed E-state index contributed by atoms with van der Waals surface area (Å²) < 4.78 is 52.4. The van der Waals surface area contributed by atoms with Crippen LogP contribution < -0.4 is 10.1 Å². The maximum absolute atomic E-state index is 12.8. The van der Waals surface area contributed by atoms with Crippen LogP contribution >= 0.6 is 11.6 Å². The molecule has 1 aromatic heterocycles. The van der Waals surface area contributed by atoms with E-state index in [2.05, 4.69) is 20.3 Å². The lowest BCUT2D eigenvalue weighted by Crippen LogP contribution is -2.54. The molecule has 2 aliphatic carbocycles. The van der Waals surface area contributed by atoms with Crippen molar-refractivity contribution in [3.05, 3.63) is 40.6 Å². The van der Waals surface area contributed by atoms with Crippen molar-refractivity contribution in [1.29, 1.82) is 0 Å². The van der Waals surface area contributed by atoms with Crippen molar-refractivity contribution in [1.82, 2.24) is 15.5 Å². The lowest BCUT2D eigenvalue weighted by molar-refractivity contribution is -0.352. The number of hydrogen-bond acceptors (Lipinski definition) is 7. The lowest BCUT2D eigenvalue weighted by Gasteiger charge is -2.37. The van der Waals surface area contributed by atoms with Crippen molar-refractivity contribution in [2.45, 2.75) is 87.5 Å². The standard InChI is InChI=1S/C23H25ClF3N3O5/c24-15-2-4-17-13(9-15)1-3-18(33-17)19(31)28-22(32)7-5-12(6-8-22)20-29-30-21(34-20)14-10-16(11-14)35-23(25,26)27/h2,4,9,12,14,16,18,32H,1,3,5-8,10-11H2,(H,28,31)/t12?,14?,16?,18-,22?/m1/s1. The number of hydrogen-bond donors (Lipinski definition) is 2. The first-order chi connectivity index (χ1) is 16.6. The number of alkyl halides is 3. The fourth-order valence-electron chi connectivity index (χ4n) is 4.95. The number of rotatable bonds is 5. The van der Waals surface area contributed by atoms with Gasteiger partial charge in [0, 0.05) is 16.9 Å². The largest absolute Gasteiger partial charge is 0.522 e. The van der Waals surface area contributed by atoms with E-state index < -0.39 is 24.3 Å². The van der Waals surface area contributed by atoms with Crippen LogP contribution in [0.1, 0.15) is 74.1 Å². The predicted octanol–water partition coefficient (Wildman–Crippen LogP) is 4.36. The highest BCUT2D eigenvalue weighted by Crippen LogP contribution is 2.42. The SMILES string of the molecule is O=C(NC1(O)CCC(c2nnc(C3CC(OC(F)(F)F)C3)o2)CC1)[C@H]1CCc2cc(Cl)ccc2O1. The van der Waals surface area contributed by atoms with E-state index in [1.165, 1.54) is 0 Å². The molecule has 2 fully saturated rings. The highest BCUT2D eigenvalue weighted by Gasteiger charge is 2.43. The van der Waals surface area contributed by atoms with E-state index in [4.69, 9.17) is 20.8 Å². The molecule has 2 aromatic rings. The topological polar surface area (TPSA) is 107 Å². The monoisotopic (exact) mass is 515 g/mol. The van der Waals surface area contributed by atoms with Gasteiger partial charge in [-0.3, -0.25) is 9.53 Å². The van der Waals surface area contributed by atoms with E-state index in [1.54, 1.807) is 12.1 Å². The van der Waals surface area contributed by atoms with Crippen LogP contribution in [0.25, 0.3) is 0 Å². The number of benzene rings is 1. The number of nitrogens with zero attached hydrogens (tertiary/aromatic N) is 2. The Kier molecular flexibility index (Phi) is 6.43. The molecule has 1 aromatic carbocycles. The number of halogens is 4. The Balaban J connectivity index is 1.11. The predicted molar refractivity (Wildman–Crippen MR) is 116 cm³/mol. The van der Waals surface area contributed by atoms with Crippen LogP contribution in [0.5, 0.6) is 5.75 Å². The third kappa shape index (κ3) is 5.57. The molecule has 1 atom stereocenters. The fraction of sp³-hybridized carbons (Fsp3) is 0.609. The number of nitrogens with one attached hydrogen (secondary N) is 1. The first kappa shape index (κ1) is 24.3. The molecular formula is C23H25ClF3N3O5. The molecule has 3 aliphatic rings. The summed E-state index contributed by atoms with van der Waals surface area (Å²) in [5.41, 5.74) is -0.416. The molecule has 2 heterocycles. The van der Waals surface area contributed by atoms with Gasteiger partial charge in [-0.05, 0) is 75.1 Å². The van der Waals surface area contributed by atoms with Crippen molar-refractivity contribution >= 4 is 17.5 Å². The third-order valence-corrected chi connectivity index (χ3v) is 7.21. The van der Waals surface area contributed by atoms with E-state index in [0.717, 1.165) is 5.56 Å². The second-order valence-corrected chi connectivity index (χ2v) is 9.96. The zero-order chi connectivity index (χ0) is 24.8. The van der Waals surface area contributed by atoms with Gasteiger partial charge in [0.1, 0.15) is 11.5 Å². The highest BCUT2D eigenvalue weighted by molar-refractivity contribution is 6.30. The Morgan fingerprint density at radius 2 is 1.83 bits per heavy atom. The van der Waals surface area contributed by atoms with E-state index in [-0.39, 0.29) is 30.6 Å². The molecule has 1 aliphatic heterocycles. The van der Waals surface area contributed by atoms with E-state index in [9.17, 15) is 23.1 Å². The van der Waals surface area contributed by atoms with Gasteiger partial charge in [-0.1, -0.05) is 11.6 Å². The quantitative estimate of drug-likeness (QED) is 0.570. The zero-order valence-electron chi connectivity index (χ0n) is 18.7. The van der Waals surface area contributed by atoms with Crippen LogP contribution in [-0.2, 0) is 16.0 Å². The molecule has 8 nitrogen and oxygen atoms in total. The number of amides is 1. The normalized spacial score (nSPS) is 30.7. The number of fused-ring (bicyclic) bond motifs is 1. The molecule has 2 N–H and O–H groups in total. The van der Waals surface area contributed by atoms with Crippen molar-refractivity contribution in [2.75, 3.05) is 0 Å². The third-order valence-electron chi connectivity index (χ3n) is 6.98. The van der Waals surface area contributed by atoms with Crippen LogP contribution in [0, 0.1) is 0 Å². The summed E-state index contributed by atoms with van der Waals surface area (Å²) in [4.78, 5) is 12.8. The molecule has 1 amide bonds. The minimum absolute atomic E-state index is 0.0988. The molecule has 190 valence electrons. The first-order valence-corrected chi connectivity index (χ1v) is 12.0. The maximum Gasteiger partial charge on any atom is 0.522 e. The number of carbonyl (C=O) groups excluding carboxylic acids is 1. The number of ether oxygens (including phenoxy) is 2. The van der Waals surface area contributed by atoms with Crippen molar-refractivity contribution < 1.29 is 37.0 Å². The van der Waals surface area contributed by atoms with Gasteiger partial charge in [0.05, 0.1) is 6.10 Å². The number of aryl methyl sites for hydroxylation is 1. The van der Waals surface area contributed by atoms with Crippen molar-refractivity contribution in [2.24, 2.45) is 0 Å². The average molecular weight is 516 g/mol. The second kappa shape index (κ2) is 9.25. The van der Waals surface area contributed by atoms with Crippen molar-refractivity contribution in [3.8, 4) is 5.75 Å². The summed E-state index contributed by atoms with van der Waals surface area (Å²) in [5, 5.41) is 22.4. The molecule has 2 saturated carbocycles. The summed E-state index contributed by atoms with van der Waals surface area (Å²) in [5.74, 6) is 0.614. The molecule has 0 spiro atoms. The second-order valence-electron chi connectivity index (χ2n) is 9.52. The minimum Gasteiger partial charge on any atom is -0.480 e. The van der Waals surface area contributed by atoms with Crippen LogP contribution in [0.2, 0.25) is 5.02 Å². The number of carbonyl (C=O) groups is 1. The Hall–Kier alpha value is -2.37. The molecule has 0 bridgehead atoms. The maximum atomic E-state index is 12.8. The average Bonchev–Trinajstić information content (AvgIpc) is 3.24. The summed E-state index contributed by atoms with van der Waals surface area (Å²) in [7, 11) is 0. The molecule has 0 unspecified atom stereocenters. The molecule has 35 heavy (non-hydrogen) atoms. The lowest BCUT2D eigenvalue weighted by atomic mass is 9.82. The molecule has 12 heteroatoms. The minimum atomic E-state index is -4.65. The van der Waals surface area contributed by atoms with E-state index in [1.807, 2.05) is 6.07 Å². The van der Waals surface area contributed by atoms with E-state index >= 15 is 0 Å². The first-order valence-electron chi connectivity index (χ1n) is 11.6. The Morgan fingerprint density at radius 1 is 1.14 bits per heavy atom. The Bertz CT molecular complexity index is 1080. The number of aliphatic hydroxyl groups is 1. The summed E-state index contributed by atoms with van der Waals surface area (Å²) in [6.07, 6.45) is -3.12. The number of aromatic nitrogens is 2. The highest BCUT2D eigenvalue weighted by atomic mass is 35.5. The molecule has 0 radical (unpaired) electrons. The van der Waals surface area contributed by atoms with Gasteiger partial charge in [-0.25, -0.2) is 0 Å². The summed E-state index contributed by atoms with van der Waals surface area (Å²) >= 11 is 6.01. The van der Waals surface area contributed by atoms with Crippen molar-refractivity contribution in [3.63, 3.8) is 0 Å². The van der Waals surface area contributed by atoms with Crippen LogP contribution in [-0.4, -0.2) is 45.5 Å². The Morgan fingerprint density at radius 3 is 2.51 bits per heavy atom. The van der Waals surface area contributed by atoms with Gasteiger partial charge < -0.3 is 19.6 Å². The van der Waals surface area contributed by atoms with Crippen LogP contribution in [0.15, 0.2) is 22.6 Å². The van der Waals surface area contributed by atoms with E-state index in [0.29, 0.717) is 61.1 Å². The summed E-state index contributed by atoms with van der Waals surface area (Å²) in [6.45, 7) is 0. The van der Waals surface area contributed by atoms with Gasteiger partial charge in [-0.2, -0.15) is 0 Å². The zero-order valence-corrected chi connectivity index (χ0v) is 19.4. The molecule has 0 saturated heterocycles. The van der Waals surface area contributed by atoms with Crippen LogP contribution in [0.4, 0.5) is 13.2 Å². The van der Waals surface area contributed by atoms with Gasteiger partial charge in [0.25, 0.3) is 5.91 Å². The molecule has 5 rings (SSSR count). The summed E-state index contributed by atoms with van der Waals surface area (Å²) in [6, 6.07) is 5.27. The Labute approximate surface area is 204 Å². The van der Waals surface area contributed by atoms with Crippen LogP contribution in [0.3, 0.4) is 0 Å². The van der Waals surface area contributed by atoms with Gasteiger partial charge in [0.2, 0.25) is 11.8 Å². The van der Waals surface area contributed by atoms with Gasteiger partial charge in [0.15, 0.2) is 6.10 Å².